The van der Waals surface area contributed by atoms with Gasteiger partial charge in [-0.3, -0.25) is 0 Å². The molecule has 0 amide bonds. The van der Waals surface area contributed by atoms with E-state index in [0.717, 1.165) is 5.69 Å². The molecule has 0 aromatic heterocycles. The lowest BCUT2D eigenvalue weighted by Crippen LogP contribution is -2.26. The number of anilines is 1. The molecular formula is C16H18ClNO2. The maximum absolute atomic E-state index is 9.88. The van der Waals surface area contributed by atoms with E-state index in [1.807, 2.05) is 31.2 Å². The minimum absolute atomic E-state index is 0.237. The molecule has 2 N–H and O–H groups in total. The van der Waals surface area contributed by atoms with Gasteiger partial charge in [0, 0.05) is 17.3 Å². The molecule has 4 heteroatoms. The summed E-state index contributed by atoms with van der Waals surface area (Å²) in [5, 5.41) is 13.7. The van der Waals surface area contributed by atoms with E-state index >= 15 is 0 Å². The van der Waals surface area contributed by atoms with Crippen LogP contribution in [0.4, 0.5) is 5.69 Å². The number of aryl methyl sites for hydroxylation is 1. The smallest absolute Gasteiger partial charge is 0.119 e. The van der Waals surface area contributed by atoms with Crippen LogP contribution in [-0.4, -0.2) is 24.4 Å². The maximum Gasteiger partial charge on any atom is 0.119 e. The van der Waals surface area contributed by atoms with Gasteiger partial charge in [0.1, 0.15) is 18.5 Å². The first-order valence-corrected chi connectivity index (χ1v) is 6.88. The Morgan fingerprint density at radius 1 is 1.20 bits per heavy atom. The zero-order chi connectivity index (χ0) is 14.4. The summed E-state index contributed by atoms with van der Waals surface area (Å²) in [6, 6.07) is 15.1. The van der Waals surface area contributed by atoms with Crippen LogP contribution in [0.15, 0.2) is 48.5 Å². The zero-order valence-corrected chi connectivity index (χ0v) is 12.1. The van der Waals surface area contributed by atoms with Gasteiger partial charge >= 0.3 is 0 Å². The molecule has 0 spiro atoms. The van der Waals surface area contributed by atoms with Gasteiger partial charge in [-0.15, -0.1) is 0 Å². The second kappa shape index (κ2) is 7.17. The zero-order valence-electron chi connectivity index (χ0n) is 11.3. The molecule has 2 rings (SSSR count). The summed E-state index contributed by atoms with van der Waals surface area (Å²) in [5.74, 6) is 0.698. The average molecular weight is 292 g/mol. The molecule has 0 saturated carbocycles. The highest BCUT2D eigenvalue weighted by atomic mass is 35.5. The number of benzene rings is 2. The van der Waals surface area contributed by atoms with Gasteiger partial charge in [0.25, 0.3) is 0 Å². The van der Waals surface area contributed by atoms with Crippen molar-refractivity contribution < 1.29 is 9.84 Å². The number of nitrogens with one attached hydrogen (secondary N) is 1. The van der Waals surface area contributed by atoms with Crippen molar-refractivity contribution in [1.29, 1.82) is 0 Å². The number of aliphatic hydroxyl groups excluding tert-OH is 1. The molecule has 0 aliphatic heterocycles. The second-order valence-corrected chi connectivity index (χ2v) is 5.11. The minimum Gasteiger partial charge on any atom is -0.491 e. The van der Waals surface area contributed by atoms with Gasteiger partial charge in [-0.2, -0.15) is 0 Å². The van der Waals surface area contributed by atoms with Gasteiger partial charge < -0.3 is 15.2 Å². The molecule has 0 heterocycles. The molecule has 0 fully saturated rings. The highest BCUT2D eigenvalue weighted by molar-refractivity contribution is 6.30. The van der Waals surface area contributed by atoms with E-state index in [2.05, 4.69) is 5.32 Å². The summed E-state index contributed by atoms with van der Waals surface area (Å²) in [6.07, 6.45) is -0.578. The van der Waals surface area contributed by atoms with Crippen LogP contribution in [-0.2, 0) is 0 Å². The topological polar surface area (TPSA) is 41.5 Å². The van der Waals surface area contributed by atoms with E-state index < -0.39 is 6.10 Å². The molecule has 0 radical (unpaired) electrons. The largest absolute Gasteiger partial charge is 0.491 e. The Bertz CT molecular complexity index is 542. The van der Waals surface area contributed by atoms with Crippen LogP contribution >= 0.6 is 11.6 Å². The van der Waals surface area contributed by atoms with Crippen molar-refractivity contribution in [2.45, 2.75) is 13.0 Å². The van der Waals surface area contributed by atoms with Crippen LogP contribution in [0.1, 0.15) is 5.56 Å². The van der Waals surface area contributed by atoms with E-state index in [1.54, 1.807) is 24.3 Å². The summed E-state index contributed by atoms with van der Waals surface area (Å²) in [4.78, 5) is 0. The summed E-state index contributed by atoms with van der Waals surface area (Å²) >= 11 is 5.79. The first-order chi connectivity index (χ1) is 9.63. The Labute approximate surface area is 124 Å². The third kappa shape index (κ3) is 4.76. The molecule has 1 atom stereocenters. The summed E-state index contributed by atoms with van der Waals surface area (Å²) in [7, 11) is 0. The number of hydrogen-bond donors (Lipinski definition) is 2. The molecule has 2 aromatic carbocycles. The van der Waals surface area contributed by atoms with Crippen molar-refractivity contribution in [3.8, 4) is 5.75 Å². The SMILES string of the molecule is Cc1cccc(NCC(O)COc2ccc(Cl)cc2)c1. The Kier molecular flexibility index (Phi) is 5.27. The normalized spacial score (nSPS) is 11.9. The van der Waals surface area contributed by atoms with Crippen molar-refractivity contribution in [3.63, 3.8) is 0 Å². The first-order valence-electron chi connectivity index (χ1n) is 6.50. The Hall–Kier alpha value is -1.71. The quantitative estimate of drug-likeness (QED) is 0.856. The van der Waals surface area contributed by atoms with Gasteiger partial charge in [0.15, 0.2) is 0 Å². The first kappa shape index (κ1) is 14.7. The van der Waals surface area contributed by atoms with Crippen LogP contribution in [0.2, 0.25) is 5.02 Å². The fourth-order valence-corrected chi connectivity index (χ4v) is 1.90. The number of rotatable bonds is 6. The van der Waals surface area contributed by atoms with Gasteiger partial charge in [-0.05, 0) is 48.9 Å². The van der Waals surface area contributed by atoms with Crippen LogP contribution in [0.5, 0.6) is 5.75 Å². The predicted octanol–water partition coefficient (Wildman–Crippen LogP) is 3.50. The van der Waals surface area contributed by atoms with Gasteiger partial charge in [0.2, 0.25) is 0 Å². The molecule has 106 valence electrons. The predicted molar refractivity (Wildman–Crippen MR) is 82.6 cm³/mol. The molecule has 2 aromatic rings. The second-order valence-electron chi connectivity index (χ2n) is 4.67. The maximum atomic E-state index is 9.88. The number of halogens is 1. The molecule has 20 heavy (non-hydrogen) atoms. The van der Waals surface area contributed by atoms with Crippen LogP contribution in [0.25, 0.3) is 0 Å². The van der Waals surface area contributed by atoms with E-state index in [0.29, 0.717) is 17.3 Å². The van der Waals surface area contributed by atoms with Crippen molar-refractivity contribution in [1.82, 2.24) is 0 Å². The lowest BCUT2D eigenvalue weighted by molar-refractivity contribution is 0.117. The van der Waals surface area contributed by atoms with Crippen molar-refractivity contribution >= 4 is 17.3 Å². The summed E-state index contributed by atoms with van der Waals surface area (Å²) in [5.41, 5.74) is 2.18. The van der Waals surface area contributed by atoms with Crippen LogP contribution < -0.4 is 10.1 Å². The van der Waals surface area contributed by atoms with E-state index in [1.165, 1.54) is 5.56 Å². The van der Waals surface area contributed by atoms with E-state index in [9.17, 15) is 5.11 Å². The van der Waals surface area contributed by atoms with Gasteiger partial charge in [-0.1, -0.05) is 23.7 Å². The Morgan fingerprint density at radius 3 is 2.65 bits per heavy atom. The Morgan fingerprint density at radius 2 is 1.95 bits per heavy atom. The Balaban J connectivity index is 1.75. The minimum atomic E-state index is -0.578. The fraction of sp³-hybridized carbons (Fsp3) is 0.250. The third-order valence-electron chi connectivity index (χ3n) is 2.82. The molecular weight excluding hydrogens is 274 g/mol. The highest BCUT2D eigenvalue weighted by Gasteiger charge is 2.05. The van der Waals surface area contributed by atoms with Gasteiger partial charge in [-0.25, -0.2) is 0 Å². The lowest BCUT2D eigenvalue weighted by atomic mass is 10.2. The molecule has 0 aliphatic carbocycles. The summed E-state index contributed by atoms with van der Waals surface area (Å²) < 4.78 is 5.49. The van der Waals surface area contributed by atoms with Crippen molar-refractivity contribution in [3.05, 3.63) is 59.1 Å². The fourth-order valence-electron chi connectivity index (χ4n) is 1.77. The molecule has 0 aliphatic rings. The van der Waals surface area contributed by atoms with Crippen LogP contribution in [0, 0.1) is 6.92 Å². The monoisotopic (exact) mass is 291 g/mol. The van der Waals surface area contributed by atoms with Crippen molar-refractivity contribution in [2.75, 3.05) is 18.5 Å². The number of aliphatic hydroxyl groups is 1. The molecule has 0 saturated heterocycles. The third-order valence-corrected chi connectivity index (χ3v) is 3.07. The van der Waals surface area contributed by atoms with E-state index in [-0.39, 0.29) is 6.61 Å². The van der Waals surface area contributed by atoms with Crippen molar-refractivity contribution in [2.24, 2.45) is 0 Å². The number of ether oxygens (including phenoxy) is 1. The standard InChI is InChI=1S/C16H18ClNO2/c1-12-3-2-4-14(9-12)18-10-15(19)11-20-16-7-5-13(17)6-8-16/h2-9,15,18-19H,10-11H2,1H3. The molecule has 0 bridgehead atoms. The average Bonchev–Trinajstić information content (AvgIpc) is 2.45. The summed E-state index contributed by atoms with van der Waals surface area (Å²) in [6.45, 7) is 2.71. The highest BCUT2D eigenvalue weighted by Crippen LogP contribution is 2.15. The molecule has 3 nitrogen and oxygen atoms in total. The lowest BCUT2D eigenvalue weighted by Gasteiger charge is -2.14. The number of hydrogen-bond acceptors (Lipinski definition) is 3. The van der Waals surface area contributed by atoms with Gasteiger partial charge in [0.05, 0.1) is 0 Å². The van der Waals surface area contributed by atoms with Crippen LogP contribution in [0.3, 0.4) is 0 Å². The van der Waals surface area contributed by atoms with E-state index in [4.69, 9.17) is 16.3 Å². The molecule has 1 unspecified atom stereocenters.